The van der Waals surface area contributed by atoms with Gasteiger partial charge < -0.3 is 19.7 Å². The molecule has 1 aliphatic heterocycles. The Morgan fingerprint density at radius 3 is 2.86 bits per heavy atom. The first-order valence-corrected chi connectivity index (χ1v) is 9.26. The Morgan fingerprint density at radius 2 is 2.04 bits per heavy atom. The smallest absolute Gasteiger partial charge is 0.262 e. The minimum Gasteiger partial charge on any atom is -0.484 e. The van der Waals surface area contributed by atoms with E-state index in [1.165, 1.54) is 0 Å². The lowest BCUT2D eigenvalue weighted by atomic mass is 10.2. The zero-order valence-electron chi connectivity index (χ0n) is 15.7. The van der Waals surface area contributed by atoms with Crippen molar-refractivity contribution in [2.45, 2.75) is 6.92 Å². The van der Waals surface area contributed by atoms with Crippen LogP contribution in [-0.2, 0) is 9.53 Å². The van der Waals surface area contributed by atoms with Gasteiger partial charge in [-0.3, -0.25) is 4.79 Å². The third-order valence-electron chi connectivity index (χ3n) is 4.57. The molecule has 0 radical (unpaired) electrons. The van der Waals surface area contributed by atoms with E-state index in [9.17, 15) is 4.79 Å². The van der Waals surface area contributed by atoms with Crippen molar-refractivity contribution in [3.8, 4) is 5.75 Å². The average Bonchev–Trinajstić information content (AvgIpc) is 2.72. The third-order valence-corrected chi connectivity index (χ3v) is 4.57. The van der Waals surface area contributed by atoms with E-state index in [1.807, 2.05) is 49.4 Å². The molecule has 0 atom stereocenters. The molecule has 1 fully saturated rings. The number of nitrogens with zero attached hydrogens (tertiary/aromatic N) is 3. The number of rotatable bonds is 5. The zero-order chi connectivity index (χ0) is 19.3. The van der Waals surface area contributed by atoms with Crippen LogP contribution in [-0.4, -0.2) is 48.8 Å². The number of morpholine rings is 1. The zero-order valence-corrected chi connectivity index (χ0v) is 15.7. The first-order chi connectivity index (χ1) is 13.7. The molecule has 0 bridgehead atoms. The van der Waals surface area contributed by atoms with Crippen LogP contribution in [0.2, 0.25) is 0 Å². The molecule has 0 unspecified atom stereocenters. The van der Waals surface area contributed by atoms with Crippen molar-refractivity contribution in [2.75, 3.05) is 43.1 Å². The fourth-order valence-electron chi connectivity index (χ4n) is 3.20. The number of anilines is 2. The largest absolute Gasteiger partial charge is 0.484 e. The molecule has 0 saturated carbocycles. The van der Waals surface area contributed by atoms with Gasteiger partial charge in [-0.05, 0) is 42.8 Å². The molecule has 1 N–H and O–H groups in total. The van der Waals surface area contributed by atoms with Crippen LogP contribution in [0.3, 0.4) is 0 Å². The highest BCUT2D eigenvalue weighted by atomic mass is 16.5. The predicted octanol–water partition coefficient (Wildman–Crippen LogP) is 2.79. The lowest BCUT2D eigenvalue weighted by molar-refractivity contribution is -0.118. The Balaban J connectivity index is 1.45. The molecular formula is C21H22N4O3. The summed E-state index contributed by atoms with van der Waals surface area (Å²) in [7, 11) is 0. The van der Waals surface area contributed by atoms with E-state index in [2.05, 4.69) is 20.2 Å². The number of nitrogens with one attached hydrogen (secondary N) is 1. The first-order valence-electron chi connectivity index (χ1n) is 9.26. The fraction of sp³-hybridized carbons (Fsp3) is 0.286. The summed E-state index contributed by atoms with van der Waals surface area (Å²) in [6, 6.07) is 13.3. The lowest BCUT2D eigenvalue weighted by Crippen LogP contribution is -2.36. The molecule has 0 aliphatic carbocycles. The van der Waals surface area contributed by atoms with E-state index in [-0.39, 0.29) is 12.5 Å². The van der Waals surface area contributed by atoms with Gasteiger partial charge in [0.15, 0.2) is 6.61 Å². The second kappa shape index (κ2) is 8.22. The first kappa shape index (κ1) is 18.2. The second-order valence-electron chi connectivity index (χ2n) is 6.68. The fourth-order valence-corrected chi connectivity index (χ4v) is 3.20. The van der Waals surface area contributed by atoms with Crippen LogP contribution in [0.15, 0.2) is 48.8 Å². The minimum atomic E-state index is -0.219. The topological polar surface area (TPSA) is 76.6 Å². The van der Waals surface area contributed by atoms with Crippen molar-refractivity contribution in [3.63, 3.8) is 0 Å². The summed E-state index contributed by atoms with van der Waals surface area (Å²) >= 11 is 0. The molecule has 1 aromatic heterocycles. The maximum Gasteiger partial charge on any atom is 0.262 e. The van der Waals surface area contributed by atoms with Crippen molar-refractivity contribution in [2.24, 2.45) is 0 Å². The van der Waals surface area contributed by atoms with Crippen molar-refractivity contribution in [3.05, 3.63) is 54.4 Å². The highest BCUT2D eigenvalue weighted by molar-refractivity contribution is 5.96. The van der Waals surface area contributed by atoms with Gasteiger partial charge >= 0.3 is 0 Å². The highest BCUT2D eigenvalue weighted by Gasteiger charge is 2.16. The number of ether oxygens (including phenoxy) is 2. The van der Waals surface area contributed by atoms with E-state index in [1.54, 1.807) is 6.33 Å². The van der Waals surface area contributed by atoms with Crippen LogP contribution in [0, 0.1) is 6.92 Å². The van der Waals surface area contributed by atoms with E-state index < -0.39 is 0 Å². The summed E-state index contributed by atoms with van der Waals surface area (Å²) < 4.78 is 11.0. The Labute approximate surface area is 163 Å². The molecule has 28 heavy (non-hydrogen) atoms. The minimum absolute atomic E-state index is 0.0513. The van der Waals surface area contributed by atoms with Crippen molar-refractivity contribution in [1.82, 2.24) is 9.97 Å². The van der Waals surface area contributed by atoms with E-state index in [4.69, 9.17) is 9.47 Å². The summed E-state index contributed by atoms with van der Waals surface area (Å²) in [5, 5.41) is 3.82. The quantitative estimate of drug-likeness (QED) is 0.736. The van der Waals surface area contributed by atoms with E-state index in [0.717, 1.165) is 35.4 Å². The Bertz CT molecular complexity index is 986. The molecule has 1 aliphatic rings. The number of hydrogen-bond donors (Lipinski definition) is 1. The number of fused-ring (bicyclic) bond motifs is 1. The van der Waals surface area contributed by atoms with Crippen LogP contribution in [0.5, 0.6) is 5.75 Å². The van der Waals surface area contributed by atoms with Gasteiger partial charge in [0, 0.05) is 24.2 Å². The van der Waals surface area contributed by atoms with Gasteiger partial charge in [0.1, 0.15) is 17.9 Å². The molecule has 1 saturated heterocycles. The van der Waals surface area contributed by atoms with Crippen molar-refractivity contribution in [1.29, 1.82) is 0 Å². The molecule has 2 heterocycles. The van der Waals surface area contributed by atoms with Gasteiger partial charge in [0.05, 0.1) is 18.7 Å². The van der Waals surface area contributed by atoms with E-state index in [0.29, 0.717) is 24.7 Å². The second-order valence-corrected chi connectivity index (χ2v) is 6.68. The number of carbonyl (C=O) groups is 1. The molecule has 4 rings (SSSR count). The molecule has 7 heteroatoms. The third kappa shape index (κ3) is 4.20. The van der Waals surface area contributed by atoms with Crippen LogP contribution in [0.4, 0.5) is 11.5 Å². The van der Waals surface area contributed by atoms with Crippen LogP contribution < -0.4 is 15.0 Å². The molecule has 3 aromatic rings. The van der Waals surface area contributed by atoms with Gasteiger partial charge in [-0.15, -0.1) is 0 Å². The number of hydrogen-bond acceptors (Lipinski definition) is 6. The lowest BCUT2D eigenvalue weighted by Gasteiger charge is -2.28. The molecule has 7 nitrogen and oxygen atoms in total. The van der Waals surface area contributed by atoms with Gasteiger partial charge in [0.25, 0.3) is 5.91 Å². The Morgan fingerprint density at radius 1 is 1.18 bits per heavy atom. The van der Waals surface area contributed by atoms with Crippen molar-refractivity contribution >= 4 is 28.3 Å². The predicted molar refractivity (Wildman–Crippen MR) is 108 cm³/mol. The summed E-state index contributed by atoms with van der Waals surface area (Å²) in [4.78, 5) is 23.2. The maximum atomic E-state index is 12.2. The Kier molecular flexibility index (Phi) is 5.34. The number of aryl methyl sites for hydroxylation is 1. The summed E-state index contributed by atoms with van der Waals surface area (Å²) in [6.07, 6.45) is 1.56. The molecule has 1 amide bonds. The maximum absolute atomic E-state index is 12.2. The van der Waals surface area contributed by atoms with E-state index >= 15 is 0 Å². The van der Waals surface area contributed by atoms with Crippen molar-refractivity contribution < 1.29 is 14.3 Å². The standard InChI is InChI=1S/C21H22N4O3/c1-15-3-2-4-17(11-15)28-13-20(26)24-16-5-6-18-19(12-16)22-14-23-21(18)25-7-9-27-10-8-25/h2-6,11-12,14H,7-10,13H2,1H3,(H,24,26). The highest BCUT2D eigenvalue weighted by Crippen LogP contribution is 2.26. The Hall–Kier alpha value is -3.19. The van der Waals surface area contributed by atoms with Gasteiger partial charge in [-0.2, -0.15) is 0 Å². The molecule has 2 aromatic carbocycles. The van der Waals surface area contributed by atoms with Gasteiger partial charge in [0.2, 0.25) is 0 Å². The normalized spacial score (nSPS) is 14.1. The van der Waals surface area contributed by atoms with Gasteiger partial charge in [-0.1, -0.05) is 12.1 Å². The number of aromatic nitrogens is 2. The van der Waals surface area contributed by atoms with Crippen LogP contribution in [0.25, 0.3) is 10.9 Å². The molecule has 144 valence electrons. The molecular weight excluding hydrogens is 356 g/mol. The number of amides is 1. The monoisotopic (exact) mass is 378 g/mol. The SMILES string of the molecule is Cc1cccc(OCC(=O)Nc2ccc3c(N4CCOCC4)ncnc3c2)c1. The summed E-state index contributed by atoms with van der Waals surface area (Å²) in [5.74, 6) is 1.36. The average molecular weight is 378 g/mol. The molecule has 0 spiro atoms. The number of carbonyl (C=O) groups excluding carboxylic acids is 1. The van der Waals surface area contributed by atoms with Crippen LogP contribution in [0.1, 0.15) is 5.56 Å². The van der Waals surface area contributed by atoms with Crippen LogP contribution >= 0.6 is 0 Å². The summed E-state index contributed by atoms with van der Waals surface area (Å²) in [6.45, 7) is 4.93. The number of benzene rings is 2. The summed E-state index contributed by atoms with van der Waals surface area (Å²) in [5.41, 5.74) is 2.55. The van der Waals surface area contributed by atoms with Gasteiger partial charge in [-0.25, -0.2) is 9.97 Å².